The number of carbonyl (C=O) groups is 1. The van der Waals surface area contributed by atoms with E-state index in [1.54, 1.807) is 13.3 Å². The summed E-state index contributed by atoms with van der Waals surface area (Å²) < 4.78 is 5.19. The van der Waals surface area contributed by atoms with Crippen LogP contribution in [0.1, 0.15) is 60.3 Å². The van der Waals surface area contributed by atoms with Gasteiger partial charge in [-0.05, 0) is 80.0 Å². The van der Waals surface area contributed by atoms with Gasteiger partial charge in [0.05, 0.1) is 13.3 Å². The second-order valence-electron chi connectivity index (χ2n) is 8.84. The van der Waals surface area contributed by atoms with Gasteiger partial charge in [0.1, 0.15) is 5.75 Å². The lowest BCUT2D eigenvalue weighted by molar-refractivity contribution is -0.00721. The van der Waals surface area contributed by atoms with Crippen molar-refractivity contribution in [3.8, 4) is 5.75 Å². The standard InChI is InChI=1S/C22H26N4O2/c1-28-18-4-2-3-14(8-18)13-23-26-21(27)19-9-20(25-24-19)22-10-15-5-16(11-22)7-17(6-15)12-22/h2-4,8-9,13,15-17H,5-7,10-12H2,1H3,(H,24,25)(H,26,27)/b23-13-. The number of rotatable bonds is 5. The van der Waals surface area contributed by atoms with Crippen LogP contribution in [0.2, 0.25) is 0 Å². The van der Waals surface area contributed by atoms with Crippen LogP contribution in [-0.4, -0.2) is 29.4 Å². The van der Waals surface area contributed by atoms with Crippen molar-refractivity contribution in [3.05, 3.63) is 47.3 Å². The van der Waals surface area contributed by atoms with Crippen LogP contribution in [0.25, 0.3) is 0 Å². The Morgan fingerprint density at radius 2 is 1.93 bits per heavy atom. The molecule has 6 nitrogen and oxygen atoms in total. The SMILES string of the molecule is COc1cccc(/C=N\NC(=O)c2cc(C34CC5CC(CC(C5)C3)C4)[nH]n2)c1. The molecule has 4 saturated carbocycles. The van der Waals surface area contributed by atoms with E-state index in [1.165, 1.54) is 38.5 Å². The van der Waals surface area contributed by atoms with Gasteiger partial charge >= 0.3 is 0 Å². The molecule has 0 spiro atoms. The van der Waals surface area contributed by atoms with E-state index in [4.69, 9.17) is 4.74 Å². The maximum Gasteiger partial charge on any atom is 0.291 e. The fourth-order valence-electron chi connectivity index (χ4n) is 6.09. The highest BCUT2D eigenvalue weighted by molar-refractivity contribution is 5.93. The quantitative estimate of drug-likeness (QED) is 0.616. The number of carbonyl (C=O) groups excluding carboxylic acids is 1. The summed E-state index contributed by atoms with van der Waals surface area (Å²) in [6.45, 7) is 0. The normalized spacial score (nSPS) is 30.7. The average Bonchev–Trinajstić information content (AvgIpc) is 3.18. The molecule has 0 unspecified atom stereocenters. The summed E-state index contributed by atoms with van der Waals surface area (Å²) in [6, 6.07) is 9.45. The van der Waals surface area contributed by atoms with E-state index in [-0.39, 0.29) is 11.3 Å². The number of nitrogens with one attached hydrogen (secondary N) is 2. The van der Waals surface area contributed by atoms with Crippen LogP contribution in [0.5, 0.6) is 5.75 Å². The van der Waals surface area contributed by atoms with Gasteiger partial charge < -0.3 is 4.74 Å². The largest absolute Gasteiger partial charge is 0.497 e. The fourth-order valence-corrected chi connectivity index (χ4v) is 6.09. The van der Waals surface area contributed by atoms with Crippen LogP contribution in [0.3, 0.4) is 0 Å². The predicted octanol–water partition coefficient (Wildman–Crippen LogP) is 3.65. The van der Waals surface area contributed by atoms with E-state index in [2.05, 4.69) is 20.7 Å². The third kappa shape index (κ3) is 3.11. The van der Waals surface area contributed by atoms with Gasteiger partial charge in [0.25, 0.3) is 5.91 Å². The van der Waals surface area contributed by atoms with Gasteiger partial charge in [-0.25, -0.2) is 5.43 Å². The zero-order valence-electron chi connectivity index (χ0n) is 16.1. The molecule has 4 aliphatic rings. The molecule has 1 aromatic heterocycles. The highest BCUT2D eigenvalue weighted by Crippen LogP contribution is 2.60. The minimum atomic E-state index is -0.286. The van der Waals surface area contributed by atoms with Gasteiger partial charge in [-0.15, -0.1) is 0 Å². The summed E-state index contributed by atoms with van der Waals surface area (Å²) in [5, 5.41) is 11.5. The van der Waals surface area contributed by atoms with E-state index in [0.717, 1.165) is 34.8 Å². The summed E-state index contributed by atoms with van der Waals surface area (Å²) in [7, 11) is 1.62. The highest BCUT2D eigenvalue weighted by Gasteiger charge is 2.52. The summed E-state index contributed by atoms with van der Waals surface area (Å²) in [5.41, 5.74) is 5.21. The van der Waals surface area contributed by atoms with Crippen LogP contribution in [-0.2, 0) is 5.41 Å². The second-order valence-corrected chi connectivity index (χ2v) is 8.84. The summed E-state index contributed by atoms with van der Waals surface area (Å²) in [6.07, 6.45) is 9.55. The molecule has 0 saturated heterocycles. The zero-order chi connectivity index (χ0) is 19.1. The molecule has 2 aromatic rings. The highest BCUT2D eigenvalue weighted by atomic mass is 16.5. The number of ether oxygens (including phenoxy) is 1. The van der Waals surface area contributed by atoms with E-state index in [1.807, 2.05) is 30.3 Å². The molecule has 6 heteroatoms. The van der Waals surface area contributed by atoms with Gasteiger partial charge in [0.2, 0.25) is 0 Å². The number of benzene rings is 1. The van der Waals surface area contributed by atoms with Crippen molar-refractivity contribution >= 4 is 12.1 Å². The number of hydrazone groups is 1. The van der Waals surface area contributed by atoms with Crippen molar-refractivity contribution in [3.63, 3.8) is 0 Å². The number of aromatic nitrogens is 2. The molecule has 28 heavy (non-hydrogen) atoms. The van der Waals surface area contributed by atoms with Gasteiger partial charge in [-0.3, -0.25) is 9.89 Å². The average molecular weight is 378 g/mol. The molecule has 0 radical (unpaired) electrons. The topological polar surface area (TPSA) is 79.4 Å². The maximum absolute atomic E-state index is 12.5. The first kappa shape index (κ1) is 17.5. The molecule has 4 bridgehead atoms. The zero-order valence-corrected chi connectivity index (χ0v) is 16.1. The van der Waals surface area contributed by atoms with Crippen LogP contribution in [0, 0.1) is 17.8 Å². The second kappa shape index (κ2) is 6.76. The molecule has 6 rings (SSSR count). The molecule has 4 aliphatic carbocycles. The smallest absolute Gasteiger partial charge is 0.291 e. The van der Waals surface area contributed by atoms with Crippen LogP contribution < -0.4 is 10.2 Å². The fraction of sp³-hybridized carbons (Fsp3) is 0.500. The minimum absolute atomic E-state index is 0.212. The van der Waals surface area contributed by atoms with E-state index in [0.29, 0.717) is 5.69 Å². The van der Waals surface area contributed by atoms with Crippen molar-refractivity contribution in [2.24, 2.45) is 22.9 Å². The monoisotopic (exact) mass is 378 g/mol. The minimum Gasteiger partial charge on any atom is -0.497 e. The Morgan fingerprint density at radius 1 is 1.21 bits per heavy atom. The summed E-state index contributed by atoms with van der Waals surface area (Å²) in [4.78, 5) is 12.5. The van der Waals surface area contributed by atoms with E-state index >= 15 is 0 Å². The Morgan fingerprint density at radius 3 is 2.61 bits per heavy atom. The number of methoxy groups -OCH3 is 1. The van der Waals surface area contributed by atoms with Crippen molar-refractivity contribution in [2.45, 2.75) is 43.9 Å². The molecule has 0 atom stereocenters. The Kier molecular flexibility index (Phi) is 4.22. The molecule has 2 N–H and O–H groups in total. The van der Waals surface area contributed by atoms with Crippen molar-refractivity contribution in [1.82, 2.24) is 15.6 Å². The van der Waals surface area contributed by atoms with Crippen LogP contribution >= 0.6 is 0 Å². The molecular weight excluding hydrogens is 352 g/mol. The lowest BCUT2D eigenvalue weighted by atomic mass is 9.49. The number of amides is 1. The number of aromatic amines is 1. The van der Waals surface area contributed by atoms with Gasteiger partial charge in [-0.1, -0.05) is 12.1 Å². The Bertz CT molecular complexity index is 881. The van der Waals surface area contributed by atoms with Crippen LogP contribution in [0.15, 0.2) is 35.4 Å². The van der Waals surface area contributed by atoms with Gasteiger partial charge in [0, 0.05) is 11.1 Å². The summed E-state index contributed by atoms with van der Waals surface area (Å²) in [5.74, 6) is 3.05. The van der Waals surface area contributed by atoms with E-state index in [9.17, 15) is 4.79 Å². The van der Waals surface area contributed by atoms with Gasteiger partial charge in [-0.2, -0.15) is 10.2 Å². The van der Waals surface area contributed by atoms with Crippen molar-refractivity contribution in [2.75, 3.05) is 7.11 Å². The molecule has 146 valence electrons. The third-order valence-electron chi connectivity index (χ3n) is 6.89. The lowest BCUT2D eigenvalue weighted by Crippen LogP contribution is -2.48. The first-order valence-corrected chi connectivity index (χ1v) is 10.2. The number of H-pyrrole nitrogens is 1. The van der Waals surface area contributed by atoms with Crippen LogP contribution in [0.4, 0.5) is 0 Å². The first-order valence-electron chi connectivity index (χ1n) is 10.2. The molecule has 0 aliphatic heterocycles. The maximum atomic E-state index is 12.5. The first-order chi connectivity index (χ1) is 13.6. The lowest BCUT2D eigenvalue weighted by Gasteiger charge is -2.56. The number of hydrogen-bond donors (Lipinski definition) is 2. The Labute approximate surface area is 164 Å². The number of nitrogens with zero attached hydrogens (tertiary/aromatic N) is 2. The van der Waals surface area contributed by atoms with Crippen molar-refractivity contribution < 1.29 is 9.53 Å². The molecule has 1 heterocycles. The molecule has 1 amide bonds. The van der Waals surface area contributed by atoms with E-state index < -0.39 is 0 Å². The van der Waals surface area contributed by atoms with Crippen molar-refractivity contribution in [1.29, 1.82) is 0 Å². The van der Waals surface area contributed by atoms with Gasteiger partial charge in [0.15, 0.2) is 5.69 Å². The molecule has 4 fully saturated rings. The third-order valence-corrected chi connectivity index (χ3v) is 6.89. The molecule has 1 aromatic carbocycles. The Hall–Kier alpha value is -2.63. The summed E-state index contributed by atoms with van der Waals surface area (Å²) >= 11 is 0. The number of hydrogen-bond acceptors (Lipinski definition) is 4. The predicted molar refractivity (Wildman–Crippen MR) is 106 cm³/mol. The molecular formula is C22H26N4O2. The Balaban J connectivity index is 1.27.